The lowest BCUT2D eigenvalue weighted by Crippen LogP contribution is -2.43. The number of piperidine rings is 1. The van der Waals surface area contributed by atoms with Crippen LogP contribution >= 0.6 is 0 Å². The first-order valence-electron chi connectivity index (χ1n) is 8.18. The molecule has 0 aliphatic carbocycles. The molecule has 4 N–H and O–H groups in total. The van der Waals surface area contributed by atoms with Crippen molar-refractivity contribution in [3.63, 3.8) is 0 Å². The molecular weight excluding hydrogens is 322 g/mol. The molecule has 1 aromatic carbocycles. The van der Waals surface area contributed by atoms with E-state index in [2.05, 4.69) is 26.1 Å². The predicted molar refractivity (Wildman–Crippen MR) is 92.9 cm³/mol. The third-order valence-corrected chi connectivity index (χ3v) is 4.14. The van der Waals surface area contributed by atoms with Crippen molar-refractivity contribution < 1.29 is 14.3 Å². The van der Waals surface area contributed by atoms with Crippen molar-refractivity contribution in [2.45, 2.75) is 18.9 Å². The van der Waals surface area contributed by atoms with Gasteiger partial charge in [-0.05, 0) is 38.1 Å². The van der Waals surface area contributed by atoms with E-state index in [-0.39, 0.29) is 23.6 Å². The maximum Gasteiger partial charge on any atom is 0.271 e. The zero-order chi connectivity index (χ0) is 17.6. The second kappa shape index (κ2) is 7.80. The van der Waals surface area contributed by atoms with E-state index in [1.165, 1.54) is 13.3 Å². The average molecular weight is 343 g/mol. The van der Waals surface area contributed by atoms with E-state index in [0.717, 1.165) is 25.9 Å². The van der Waals surface area contributed by atoms with Crippen LogP contribution in [0, 0.1) is 0 Å². The van der Waals surface area contributed by atoms with Crippen molar-refractivity contribution in [1.29, 1.82) is 0 Å². The highest BCUT2D eigenvalue weighted by atomic mass is 16.5. The molecule has 1 fully saturated rings. The number of benzene rings is 1. The van der Waals surface area contributed by atoms with Crippen molar-refractivity contribution in [2.75, 3.05) is 25.5 Å². The fraction of sp³-hybridized carbons (Fsp3) is 0.353. The lowest BCUT2D eigenvalue weighted by Gasteiger charge is -2.23. The van der Waals surface area contributed by atoms with Gasteiger partial charge in [-0.3, -0.25) is 14.7 Å². The van der Waals surface area contributed by atoms with Gasteiger partial charge in [-0.2, -0.15) is 5.10 Å². The second-order valence-electron chi connectivity index (χ2n) is 5.81. The molecular formula is C17H21N5O3. The summed E-state index contributed by atoms with van der Waals surface area (Å²) in [4.78, 5) is 24.9. The van der Waals surface area contributed by atoms with Crippen molar-refractivity contribution in [3.8, 4) is 5.75 Å². The van der Waals surface area contributed by atoms with Crippen LogP contribution in [0.3, 0.4) is 0 Å². The SMILES string of the molecule is COc1ccccc1C(=O)Nc1cn[nH]c1C(=O)NC1CCNCC1. The molecule has 0 bridgehead atoms. The normalized spacial score (nSPS) is 14.8. The third kappa shape index (κ3) is 3.97. The van der Waals surface area contributed by atoms with Crippen LogP contribution in [0.2, 0.25) is 0 Å². The summed E-state index contributed by atoms with van der Waals surface area (Å²) >= 11 is 0. The fourth-order valence-electron chi connectivity index (χ4n) is 2.80. The maximum absolute atomic E-state index is 12.5. The zero-order valence-electron chi connectivity index (χ0n) is 14.0. The van der Waals surface area contributed by atoms with Gasteiger partial charge in [-0.15, -0.1) is 0 Å². The first kappa shape index (κ1) is 17.0. The monoisotopic (exact) mass is 343 g/mol. The zero-order valence-corrected chi connectivity index (χ0v) is 14.0. The number of aromatic nitrogens is 2. The van der Waals surface area contributed by atoms with Gasteiger partial charge < -0.3 is 20.7 Å². The molecule has 0 radical (unpaired) electrons. The van der Waals surface area contributed by atoms with Crippen LogP contribution < -0.4 is 20.7 Å². The van der Waals surface area contributed by atoms with Crippen molar-refractivity contribution >= 4 is 17.5 Å². The highest BCUT2D eigenvalue weighted by Crippen LogP contribution is 2.20. The van der Waals surface area contributed by atoms with Crippen LogP contribution in [0.5, 0.6) is 5.75 Å². The van der Waals surface area contributed by atoms with Gasteiger partial charge in [0.1, 0.15) is 11.4 Å². The molecule has 8 nitrogen and oxygen atoms in total. The summed E-state index contributed by atoms with van der Waals surface area (Å²) in [5.41, 5.74) is 0.958. The van der Waals surface area contributed by atoms with Gasteiger partial charge >= 0.3 is 0 Å². The topological polar surface area (TPSA) is 108 Å². The highest BCUT2D eigenvalue weighted by Gasteiger charge is 2.21. The standard InChI is InChI=1S/C17H21N5O3/c1-25-14-5-3-2-4-12(14)16(23)21-13-10-19-22-15(13)17(24)20-11-6-8-18-9-7-11/h2-5,10-11,18H,6-9H2,1H3,(H,19,22)(H,20,24)(H,21,23). The number of carbonyl (C=O) groups excluding carboxylic acids is 2. The van der Waals surface area contributed by atoms with E-state index < -0.39 is 0 Å². The molecule has 0 atom stereocenters. The van der Waals surface area contributed by atoms with Crippen molar-refractivity contribution in [2.24, 2.45) is 0 Å². The first-order chi connectivity index (χ1) is 12.2. The number of anilines is 1. The van der Waals surface area contributed by atoms with Crippen LogP contribution in [0.25, 0.3) is 0 Å². The Morgan fingerprint density at radius 2 is 1.96 bits per heavy atom. The lowest BCUT2D eigenvalue weighted by atomic mass is 10.1. The van der Waals surface area contributed by atoms with Crippen molar-refractivity contribution in [3.05, 3.63) is 41.7 Å². The summed E-state index contributed by atoms with van der Waals surface area (Å²) in [6, 6.07) is 7.01. The van der Waals surface area contributed by atoms with E-state index in [1.807, 2.05) is 0 Å². The third-order valence-electron chi connectivity index (χ3n) is 4.14. The Kier molecular flexibility index (Phi) is 5.30. The predicted octanol–water partition coefficient (Wildman–Crippen LogP) is 1.15. The molecule has 0 spiro atoms. The quantitative estimate of drug-likeness (QED) is 0.651. The van der Waals surface area contributed by atoms with Gasteiger partial charge in [0.2, 0.25) is 0 Å². The molecule has 2 heterocycles. The van der Waals surface area contributed by atoms with E-state index in [9.17, 15) is 9.59 Å². The molecule has 1 aliphatic heterocycles. The van der Waals surface area contributed by atoms with Gasteiger partial charge in [0, 0.05) is 6.04 Å². The molecule has 2 aromatic rings. The molecule has 0 saturated carbocycles. The van der Waals surface area contributed by atoms with E-state index >= 15 is 0 Å². The molecule has 8 heteroatoms. The number of rotatable bonds is 5. The molecule has 1 aromatic heterocycles. The first-order valence-corrected chi connectivity index (χ1v) is 8.18. The van der Waals surface area contributed by atoms with E-state index in [4.69, 9.17) is 4.74 Å². The molecule has 3 rings (SSSR count). The number of aromatic amines is 1. The summed E-state index contributed by atoms with van der Waals surface area (Å²) < 4.78 is 5.19. The Labute approximate surface area is 145 Å². The molecule has 1 aliphatic rings. The number of nitrogens with one attached hydrogen (secondary N) is 4. The Hall–Kier alpha value is -2.87. The van der Waals surface area contributed by atoms with Gasteiger partial charge in [-0.25, -0.2) is 0 Å². The minimum Gasteiger partial charge on any atom is -0.496 e. The maximum atomic E-state index is 12.5. The van der Waals surface area contributed by atoms with Gasteiger partial charge in [0.15, 0.2) is 0 Å². The number of para-hydroxylation sites is 1. The number of hydrogen-bond acceptors (Lipinski definition) is 5. The van der Waals surface area contributed by atoms with Crippen molar-refractivity contribution in [1.82, 2.24) is 20.8 Å². The van der Waals surface area contributed by atoms with Crippen LogP contribution in [0.1, 0.15) is 33.7 Å². The summed E-state index contributed by atoms with van der Waals surface area (Å²) in [5.74, 6) is -0.182. The Morgan fingerprint density at radius 3 is 2.72 bits per heavy atom. The van der Waals surface area contributed by atoms with Gasteiger partial charge in [0.05, 0.1) is 24.6 Å². The molecule has 132 valence electrons. The minimum atomic E-state index is -0.366. The molecule has 1 saturated heterocycles. The number of nitrogens with zero attached hydrogens (tertiary/aromatic N) is 1. The largest absolute Gasteiger partial charge is 0.496 e. The number of amides is 2. The Balaban J connectivity index is 1.70. The number of H-pyrrole nitrogens is 1. The summed E-state index contributed by atoms with van der Waals surface area (Å²) in [6.45, 7) is 1.76. The van der Waals surface area contributed by atoms with Crippen LogP contribution in [-0.4, -0.2) is 48.3 Å². The summed E-state index contributed by atoms with van der Waals surface area (Å²) in [6.07, 6.45) is 3.18. The van der Waals surface area contributed by atoms with Gasteiger partial charge in [-0.1, -0.05) is 12.1 Å². The Bertz CT molecular complexity index is 752. The number of methoxy groups -OCH3 is 1. The Morgan fingerprint density at radius 1 is 1.20 bits per heavy atom. The van der Waals surface area contributed by atoms with Crippen LogP contribution in [0.4, 0.5) is 5.69 Å². The number of hydrogen-bond donors (Lipinski definition) is 4. The molecule has 0 unspecified atom stereocenters. The molecule has 2 amide bonds. The summed E-state index contributed by atoms with van der Waals surface area (Å²) in [5, 5.41) is 15.5. The summed E-state index contributed by atoms with van der Waals surface area (Å²) in [7, 11) is 1.50. The number of ether oxygens (including phenoxy) is 1. The van der Waals surface area contributed by atoms with Crippen LogP contribution in [0.15, 0.2) is 30.5 Å². The van der Waals surface area contributed by atoms with Gasteiger partial charge in [0.25, 0.3) is 11.8 Å². The smallest absolute Gasteiger partial charge is 0.271 e. The highest BCUT2D eigenvalue weighted by molar-refractivity contribution is 6.09. The van der Waals surface area contributed by atoms with E-state index in [0.29, 0.717) is 17.0 Å². The fourth-order valence-corrected chi connectivity index (χ4v) is 2.80. The second-order valence-corrected chi connectivity index (χ2v) is 5.81. The van der Waals surface area contributed by atoms with Crippen LogP contribution in [-0.2, 0) is 0 Å². The molecule has 25 heavy (non-hydrogen) atoms. The lowest BCUT2D eigenvalue weighted by molar-refractivity contribution is 0.0925. The van der Waals surface area contributed by atoms with E-state index in [1.54, 1.807) is 24.3 Å². The number of carbonyl (C=O) groups is 2. The minimum absolute atomic E-state index is 0.120. The average Bonchev–Trinajstić information content (AvgIpc) is 3.10.